The molecule has 1 aliphatic rings. The van der Waals surface area contributed by atoms with Crippen molar-refractivity contribution in [1.82, 2.24) is 0 Å². The van der Waals surface area contributed by atoms with Crippen LogP contribution in [0.3, 0.4) is 0 Å². The number of aliphatic hydroxyl groups is 1. The second-order valence-electron chi connectivity index (χ2n) is 7.66. The molecule has 1 saturated carbocycles. The summed E-state index contributed by atoms with van der Waals surface area (Å²) >= 11 is 0. The monoisotopic (exact) mass is 352 g/mol. The number of unbranched alkanes of at least 4 members (excludes halogenated alkanes) is 5. The lowest BCUT2D eigenvalue weighted by Crippen LogP contribution is -2.27. The minimum Gasteiger partial charge on any atom is -0.481 e. The number of aliphatic hydroxyl groups excluding tert-OH is 1. The quantitative estimate of drug-likeness (QED) is 0.360. The predicted molar refractivity (Wildman–Crippen MR) is 101 cm³/mol. The maximum Gasteiger partial charge on any atom is 0.303 e. The molecule has 2 N–H and O–H groups in total. The van der Waals surface area contributed by atoms with Crippen molar-refractivity contribution in [3.63, 3.8) is 0 Å². The molecule has 1 fully saturated rings. The van der Waals surface area contributed by atoms with Crippen LogP contribution in [0, 0.1) is 5.41 Å². The Bertz CT molecular complexity index is 430. The second-order valence-corrected chi connectivity index (χ2v) is 7.66. The number of rotatable bonds is 13. The number of allylic oxidation sites excluding steroid dienone is 1. The van der Waals surface area contributed by atoms with Crippen molar-refractivity contribution in [1.29, 1.82) is 0 Å². The first kappa shape index (κ1) is 21.9. The molecule has 0 aromatic heterocycles. The fourth-order valence-electron chi connectivity index (χ4n) is 3.77. The van der Waals surface area contributed by atoms with E-state index in [1.165, 1.54) is 0 Å². The number of ketones is 1. The summed E-state index contributed by atoms with van der Waals surface area (Å²) in [6.45, 7) is 2.15. The Balaban J connectivity index is 2.47. The SMILES string of the molecule is CCCCCC(O)/C=C/C1(CCCCCCC(=O)O)CCCC(=O)C1. The van der Waals surface area contributed by atoms with Gasteiger partial charge in [0.15, 0.2) is 0 Å². The first-order valence-electron chi connectivity index (χ1n) is 10.1. The maximum absolute atomic E-state index is 12.0. The van der Waals surface area contributed by atoms with Crippen molar-refractivity contribution < 1.29 is 19.8 Å². The Morgan fingerprint density at radius 2 is 1.96 bits per heavy atom. The standard InChI is InChI=1S/C21H36O4/c1-2-3-6-10-18(22)13-16-21(15-9-11-19(23)17-21)14-8-5-4-7-12-20(24)25/h13,16,18,22H,2-12,14-15,17H2,1H3,(H,24,25)/b16-13+. The Labute approximate surface area is 152 Å². The second kappa shape index (κ2) is 12.2. The first-order chi connectivity index (χ1) is 12.0. The van der Waals surface area contributed by atoms with Crippen molar-refractivity contribution in [2.24, 2.45) is 5.41 Å². The molecule has 0 aromatic rings. The number of aliphatic carboxylic acids is 1. The molecule has 0 saturated heterocycles. The normalized spacial score (nSPS) is 22.4. The average Bonchev–Trinajstić information content (AvgIpc) is 2.56. The highest BCUT2D eigenvalue weighted by Gasteiger charge is 2.32. The van der Waals surface area contributed by atoms with E-state index in [-0.39, 0.29) is 11.8 Å². The lowest BCUT2D eigenvalue weighted by atomic mass is 9.70. The van der Waals surface area contributed by atoms with E-state index in [4.69, 9.17) is 5.11 Å². The molecular weight excluding hydrogens is 316 g/mol. The smallest absolute Gasteiger partial charge is 0.303 e. The number of Topliss-reactive ketones (excluding diaryl/α,β-unsaturated/α-hetero) is 1. The van der Waals surface area contributed by atoms with Gasteiger partial charge in [0, 0.05) is 19.3 Å². The molecule has 0 aliphatic heterocycles. The van der Waals surface area contributed by atoms with E-state index < -0.39 is 12.1 Å². The molecule has 2 atom stereocenters. The van der Waals surface area contributed by atoms with Gasteiger partial charge in [-0.15, -0.1) is 0 Å². The number of carbonyl (C=O) groups is 2. The number of carboxylic acid groups (broad SMARTS) is 1. The van der Waals surface area contributed by atoms with Gasteiger partial charge in [0.2, 0.25) is 0 Å². The van der Waals surface area contributed by atoms with Crippen molar-refractivity contribution in [2.75, 3.05) is 0 Å². The number of carbonyl (C=O) groups excluding carboxylic acids is 1. The summed E-state index contributed by atoms with van der Waals surface area (Å²) in [5.74, 6) is -0.392. The maximum atomic E-state index is 12.0. The zero-order valence-electron chi connectivity index (χ0n) is 15.8. The van der Waals surface area contributed by atoms with Gasteiger partial charge in [0.25, 0.3) is 0 Å². The molecule has 1 rings (SSSR count). The molecule has 144 valence electrons. The Morgan fingerprint density at radius 3 is 2.64 bits per heavy atom. The lowest BCUT2D eigenvalue weighted by Gasteiger charge is -2.34. The highest BCUT2D eigenvalue weighted by Crippen LogP contribution is 2.41. The van der Waals surface area contributed by atoms with Crippen LogP contribution in [0.25, 0.3) is 0 Å². The number of hydrogen-bond donors (Lipinski definition) is 2. The van der Waals surface area contributed by atoms with Crippen molar-refractivity contribution in [2.45, 2.75) is 103 Å². The zero-order chi connectivity index (χ0) is 18.5. The van der Waals surface area contributed by atoms with Gasteiger partial charge >= 0.3 is 5.97 Å². The largest absolute Gasteiger partial charge is 0.481 e. The van der Waals surface area contributed by atoms with Crippen LogP contribution >= 0.6 is 0 Å². The van der Waals surface area contributed by atoms with Gasteiger partial charge < -0.3 is 10.2 Å². The van der Waals surface area contributed by atoms with Crippen LogP contribution in [-0.4, -0.2) is 28.1 Å². The first-order valence-corrected chi connectivity index (χ1v) is 10.1. The highest BCUT2D eigenvalue weighted by molar-refractivity contribution is 5.80. The van der Waals surface area contributed by atoms with E-state index in [9.17, 15) is 14.7 Å². The van der Waals surface area contributed by atoms with Gasteiger partial charge in [0.1, 0.15) is 5.78 Å². The third kappa shape index (κ3) is 9.78. The van der Waals surface area contributed by atoms with Gasteiger partial charge in [-0.05, 0) is 37.5 Å². The molecule has 0 radical (unpaired) electrons. The molecule has 2 unspecified atom stereocenters. The third-order valence-corrected chi connectivity index (χ3v) is 5.27. The summed E-state index contributed by atoms with van der Waals surface area (Å²) in [5, 5.41) is 18.8. The fourth-order valence-corrected chi connectivity index (χ4v) is 3.77. The summed E-state index contributed by atoms with van der Waals surface area (Å²) < 4.78 is 0. The molecule has 0 heterocycles. The van der Waals surface area contributed by atoms with Crippen LogP contribution in [0.1, 0.15) is 96.8 Å². The van der Waals surface area contributed by atoms with Gasteiger partial charge in [-0.1, -0.05) is 57.6 Å². The third-order valence-electron chi connectivity index (χ3n) is 5.27. The Hall–Kier alpha value is -1.16. The van der Waals surface area contributed by atoms with Gasteiger partial charge in [-0.25, -0.2) is 0 Å². The van der Waals surface area contributed by atoms with Crippen molar-refractivity contribution >= 4 is 11.8 Å². The minimum absolute atomic E-state index is 0.0894. The molecule has 4 nitrogen and oxygen atoms in total. The van der Waals surface area contributed by atoms with Gasteiger partial charge in [0.05, 0.1) is 6.10 Å². The molecular formula is C21H36O4. The van der Waals surface area contributed by atoms with E-state index in [0.29, 0.717) is 18.6 Å². The number of hydrogen-bond acceptors (Lipinski definition) is 3. The summed E-state index contributed by atoms with van der Waals surface area (Å²) in [6.07, 6.45) is 15.9. The Morgan fingerprint density at radius 1 is 1.20 bits per heavy atom. The fraction of sp³-hybridized carbons (Fsp3) is 0.810. The summed E-state index contributed by atoms with van der Waals surface area (Å²) in [6, 6.07) is 0. The minimum atomic E-state index is -0.727. The lowest BCUT2D eigenvalue weighted by molar-refractivity contribution is -0.137. The molecule has 0 amide bonds. The summed E-state index contributed by atoms with van der Waals surface area (Å²) in [4.78, 5) is 22.5. The van der Waals surface area contributed by atoms with Crippen LogP contribution in [-0.2, 0) is 9.59 Å². The molecule has 0 bridgehead atoms. The van der Waals surface area contributed by atoms with Crippen LogP contribution in [0.4, 0.5) is 0 Å². The molecule has 4 heteroatoms. The van der Waals surface area contributed by atoms with E-state index >= 15 is 0 Å². The van der Waals surface area contributed by atoms with Crippen LogP contribution < -0.4 is 0 Å². The molecule has 1 aliphatic carbocycles. The van der Waals surface area contributed by atoms with E-state index in [2.05, 4.69) is 13.0 Å². The molecule has 0 aromatic carbocycles. The molecule has 25 heavy (non-hydrogen) atoms. The van der Waals surface area contributed by atoms with E-state index in [0.717, 1.165) is 70.6 Å². The Kier molecular flexibility index (Phi) is 10.7. The topological polar surface area (TPSA) is 74.6 Å². The zero-order valence-corrected chi connectivity index (χ0v) is 15.8. The number of carboxylic acids is 1. The summed E-state index contributed by atoms with van der Waals surface area (Å²) in [7, 11) is 0. The summed E-state index contributed by atoms with van der Waals surface area (Å²) in [5.41, 5.74) is -0.0894. The predicted octanol–water partition coefficient (Wildman–Crippen LogP) is 5.04. The van der Waals surface area contributed by atoms with Crippen molar-refractivity contribution in [3.05, 3.63) is 12.2 Å². The van der Waals surface area contributed by atoms with Gasteiger partial charge in [-0.2, -0.15) is 0 Å². The van der Waals surface area contributed by atoms with Crippen LogP contribution in [0.15, 0.2) is 12.2 Å². The highest BCUT2D eigenvalue weighted by atomic mass is 16.4. The van der Waals surface area contributed by atoms with Gasteiger partial charge in [-0.3, -0.25) is 9.59 Å². The van der Waals surface area contributed by atoms with Crippen LogP contribution in [0.5, 0.6) is 0 Å². The molecule has 0 spiro atoms. The van der Waals surface area contributed by atoms with E-state index in [1.807, 2.05) is 6.08 Å². The average molecular weight is 353 g/mol. The van der Waals surface area contributed by atoms with E-state index in [1.54, 1.807) is 0 Å². The van der Waals surface area contributed by atoms with Crippen molar-refractivity contribution in [3.8, 4) is 0 Å². The van der Waals surface area contributed by atoms with Crippen LogP contribution in [0.2, 0.25) is 0 Å².